The van der Waals surface area contributed by atoms with E-state index in [4.69, 9.17) is 5.73 Å². The van der Waals surface area contributed by atoms with Gasteiger partial charge in [-0.3, -0.25) is 4.79 Å². The SMILES string of the molecule is C[C@H]1CCCN(C(=O)CCc2cccs2)[C@H]1CN. The summed E-state index contributed by atoms with van der Waals surface area (Å²) in [4.78, 5) is 15.6. The van der Waals surface area contributed by atoms with Gasteiger partial charge in [0.25, 0.3) is 0 Å². The highest BCUT2D eigenvalue weighted by atomic mass is 32.1. The van der Waals surface area contributed by atoms with Gasteiger partial charge in [-0.2, -0.15) is 0 Å². The highest BCUT2D eigenvalue weighted by Gasteiger charge is 2.30. The Kier molecular flexibility index (Phi) is 4.78. The molecule has 1 fully saturated rings. The Morgan fingerprint density at radius 1 is 1.61 bits per heavy atom. The average molecular weight is 266 g/mol. The van der Waals surface area contributed by atoms with Crippen molar-refractivity contribution >= 4 is 17.2 Å². The Balaban J connectivity index is 1.90. The Morgan fingerprint density at radius 3 is 3.11 bits per heavy atom. The number of aryl methyl sites for hydroxylation is 1. The quantitative estimate of drug-likeness (QED) is 0.908. The van der Waals surface area contributed by atoms with E-state index in [1.807, 2.05) is 11.0 Å². The van der Waals surface area contributed by atoms with E-state index in [-0.39, 0.29) is 11.9 Å². The molecule has 0 aromatic carbocycles. The van der Waals surface area contributed by atoms with Gasteiger partial charge in [-0.1, -0.05) is 13.0 Å². The van der Waals surface area contributed by atoms with Crippen LogP contribution >= 0.6 is 11.3 Å². The smallest absolute Gasteiger partial charge is 0.223 e. The number of hydrogen-bond acceptors (Lipinski definition) is 3. The molecule has 100 valence electrons. The maximum atomic E-state index is 12.3. The zero-order valence-corrected chi connectivity index (χ0v) is 11.8. The van der Waals surface area contributed by atoms with Gasteiger partial charge in [-0.05, 0) is 36.6 Å². The van der Waals surface area contributed by atoms with Crippen molar-refractivity contribution in [3.8, 4) is 0 Å². The minimum atomic E-state index is 0.245. The zero-order chi connectivity index (χ0) is 13.0. The van der Waals surface area contributed by atoms with E-state index in [9.17, 15) is 4.79 Å². The van der Waals surface area contributed by atoms with Crippen LogP contribution in [0.4, 0.5) is 0 Å². The van der Waals surface area contributed by atoms with Crippen LogP contribution in [0.2, 0.25) is 0 Å². The first-order chi connectivity index (χ1) is 8.72. The Bertz CT molecular complexity index is 377. The molecule has 1 saturated heterocycles. The van der Waals surface area contributed by atoms with Gasteiger partial charge in [0.2, 0.25) is 5.91 Å². The van der Waals surface area contributed by atoms with Gasteiger partial charge in [0.15, 0.2) is 0 Å². The molecule has 4 heteroatoms. The summed E-state index contributed by atoms with van der Waals surface area (Å²) in [5, 5.41) is 2.06. The van der Waals surface area contributed by atoms with Gasteiger partial charge >= 0.3 is 0 Å². The van der Waals surface area contributed by atoms with Crippen LogP contribution in [0.3, 0.4) is 0 Å². The molecular formula is C14H22N2OS. The summed E-state index contributed by atoms with van der Waals surface area (Å²) in [5.74, 6) is 0.805. The summed E-state index contributed by atoms with van der Waals surface area (Å²) in [6.07, 6.45) is 3.78. The van der Waals surface area contributed by atoms with E-state index < -0.39 is 0 Å². The van der Waals surface area contributed by atoms with Crippen LogP contribution in [-0.2, 0) is 11.2 Å². The summed E-state index contributed by atoms with van der Waals surface area (Å²) in [6.45, 7) is 3.68. The lowest BCUT2D eigenvalue weighted by atomic mass is 9.90. The normalized spacial score (nSPS) is 24.2. The van der Waals surface area contributed by atoms with Gasteiger partial charge in [0.1, 0.15) is 0 Å². The van der Waals surface area contributed by atoms with Crippen LogP contribution in [0.15, 0.2) is 17.5 Å². The van der Waals surface area contributed by atoms with E-state index in [0.29, 0.717) is 18.9 Å². The Morgan fingerprint density at radius 2 is 2.44 bits per heavy atom. The lowest BCUT2D eigenvalue weighted by Crippen LogP contribution is -2.51. The number of rotatable bonds is 4. The standard InChI is InChI=1S/C14H22N2OS/c1-11-4-2-8-16(13(11)10-15)14(17)7-6-12-5-3-9-18-12/h3,5,9,11,13H,2,4,6-8,10,15H2,1H3/t11-,13-/m0/s1. The van der Waals surface area contributed by atoms with Gasteiger partial charge in [-0.15, -0.1) is 11.3 Å². The van der Waals surface area contributed by atoms with Gasteiger partial charge in [0.05, 0.1) is 0 Å². The number of nitrogens with zero attached hydrogens (tertiary/aromatic N) is 1. The van der Waals surface area contributed by atoms with Crippen molar-refractivity contribution in [2.45, 2.75) is 38.6 Å². The molecule has 0 radical (unpaired) electrons. The number of thiophene rings is 1. The van der Waals surface area contributed by atoms with Crippen molar-refractivity contribution in [1.82, 2.24) is 4.90 Å². The average Bonchev–Trinajstić information content (AvgIpc) is 2.88. The highest BCUT2D eigenvalue weighted by Crippen LogP contribution is 2.23. The molecule has 0 aliphatic carbocycles. The maximum absolute atomic E-state index is 12.3. The first-order valence-corrected chi connectivity index (χ1v) is 7.62. The summed E-state index contributed by atoms with van der Waals surface area (Å²) in [6, 6.07) is 4.38. The van der Waals surface area contributed by atoms with Crippen LogP contribution in [0.5, 0.6) is 0 Å². The summed E-state index contributed by atoms with van der Waals surface area (Å²) >= 11 is 1.72. The third-order valence-electron chi connectivity index (χ3n) is 3.84. The third-order valence-corrected chi connectivity index (χ3v) is 4.78. The minimum Gasteiger partial charge on any atom is -0.338 e. The summed E-state index contributed by atoms with van der Waals surface area (Å²) < 4.78 is 0. The number of carbonyl (C=O) groups excluding carboxylic acids is 1. The van der Waals surface area contributed by atoms with E-state index in [2.05, 4.69) is 18.4 Å². The van der Waals surface area contributed by atoms with E-state index in [1.54, 1.807) is 11.3 Å². The Hall–Kier alpha value is -0.870. The molecule has 0 spiro atoms. The number of likely N-dealkylation sites (tertiary alicyclic amines) is 1. The van der Waals surface area contributed by atoms with Gasteiger partial charge < -0.3 is 10.6 Å². The van der Waals surface area contributed by atoms with Gasteiger partial charge in [-0.25, -0.2) is 0 Å². The van der Waals surface area contributed by atoms with Crippen molar-refractivity contribution < 1.29 is 4.79 Å². The molecule has 0 bridgehead atoms. The highest BCUT2D eigenvalue weighted by molar-refractivity contribution is 7.09. The molecular weight excluding hydrogens is 244 g/mol. The monoisotopic (exact) mass is 266 g/mol. The van der Waals surface area contributed by atoms with Gasteiger partial charge in [0, 0.05) is 30.4 Å². The molecule has 0 saturated carbocycles. The fraction of sp³-hybridized carbons (Fsp3) is 0.643. The van der Waals surface area contributed by atoms with Crippen LogP contribution < -0.4 is 5.73 Å². The van der Waals surface area contributed by atoms with Crippen molar-refractivity contribution in [3.63, 3.8) is 0 Å². The third kappa shape index (κ3) is 3.12. The molecule has 18 heavy (non-hydrogen) atoms. The van der Waals surface area contributed by atoms with Crippen molar-refractivity contribution in [3.05, 3.63) is 22.4 Å². The van der Waals surface area contributed by atoms with E-state index >= 15 is 0 Å². The topological polar surface area (TPSA) is 46.3 Å². The van der Waals surface area contributed by atoms with Crippen LogP contribution in [0, 0.1) is 5.92 Å². The lowest BCUT2D eigenvalue weighted by Gasteiger charge is -2.39. The molecule has 1 aliphatic rings. The molecule has 0 unspecified atom stereocenters. The maximum Gasteiger partial charge on any atom is 0.223 e. The minimum absolute atomic E-state index is 0.245. The second-order valence-electron chi connectivity index (χ2n) is 5.09. The molecule has 2 rings (SSSR count). The second-order valence-corrected chi connectivity index (χ2v) is 6.12. The number of amides is 1. The van der Waals surface area contributed by atoms with Crippen molar-refractivity contribution in [2.75, 3.05) is 13.1 Å². The Labute approximate surface area is 113 Å². The molecule has 1 aliphatic heterocycles. The van der Waals surface area contributed by atoms with Crippen LogP contribution in [-0.4, -0.2) is 29.9 Å². The van der Waals surface area contributed by atoms with E-state index in [0.717, 1.165) is 19.4 Å². The summed E-state index contributed by atoms with van der Waals surface area (Å²) in [5.41, 5.74) is 5.82. The lowest BCUT2D eigenvalue weighted by molar-refractivity contribution is -0.136. The number of nitrogens with two attached hydrogens (primary N) is 1. The largest absolute Gasteiger partial charge is 0.338 e. The molecule has 2 atom stereocenters. The molecule has 1 aromatic rings. The van der Waals surface area contributed by atoms with Crippen molar-refractivity contribution in [1.29, 1.82) is 0 Å². The van der Waals surface area contributed by atoms with Crippen LogP contribution in [0.1, 0.15) is 31.1 Å². The summed E-state index contributed by atoms with van der Waals surface area (Å²) in [7, 11) is 0. The number of carbonyl (C=O) groups is 1. The zero-order valence-electron chi connectivity index (χ0n) is 11.0. The number of piperidine rings is 1. The molecule has 2 heterocycles. The molecule has 1 aromatic heterocycles. The van der Waals surface area contributed by atoms with E-state index in [1.165, 1.54) is 11.3 Å². The predicted octanol–water partition coefficient (Wildman–Crippen LogP) is 2.27. The van der Waals surface area contributed by atoms with Crippen molar-refractivity contribution in [2.24, 2.45) is 11.7 Å². The fourth-order valence-corrected chi connectivity index (χ4v) is 3.46. The number of hydrogen-bond donors (Lipinski definition) is 1. The first kappa shape index (κ1) is 13.6. The first-order valence-electron chi connectivity index (χ1n) is 6.74. The second kappa shape index (κ2) is 6.34. The molecule has 2 N–H and O–H groups in total. The molecule has 3 nitrogen and oxygen atoms in total. The molecule has 1 amide bonds. The fourth-order valence-electron chi connectivity index (χ4n) is 2.75. The predicted molar refractivity (Wildman–Crippen MR) is 75.6 cm³/mol. The van der Waals surface area contributed by atoms with Crippen LogP contribution in [0.25, 0.3) is 0 Å².